The fraction of sp³-hybridized carbons (Fsp3) is 0.167. The third-order valence-corrected chi connectivity index (χ3v) is 4.66. The van der Waals surface area contributed by atoms with Crippen LogP contribution in [0, 0.1) is 5.82 Å². The smallest absolute Gasteiger partial charge is 0.243 e. The van der Waals surface area contributed by atoms with Crippen LogP contribution in [-0.2, 0) is 23.2 Å². The van der Waals surface area contributed by atoms with E-state index in [0.29, 0.717) is 5.56 Å². The average molecular weight is 301 g/mol. The molecule has 0 fully saturated rings. The van der Waals surface area contributed by atoms with Crippen LogP contribution in [0.2, 0.25) is 0 Å². The number of rotatable bonds is 5. The zero-order chi connectivity index (χ0) is 13.9. The van der Waals surface area contributed by atoms with Gasteiger partial charge in [0.15, 0.2) is 0 Å². The number of aliphatic hydroxyl groups is 1. The molecule has 1 aromatic carbocycles. The maximum absolute atomic E-state index is 13.6. The number of sulfonamides is 1. The van der Waals surface area contributed by atoms with E-state index in [-0.39, 0.29) is 13.2 Å². The van der Waals surface area contributed by atoms with Crippen LogP contribution in [0.25, 0.3) is 0 Å². The van der Waals surface area contributed by atoms with Crippen molar-refractivity contribution in [2.45, 2.75) is 18.0 Å². The number of hydrogen-bond donors (Lipinski definition) is 2. The van der Waals surface area contributed by atoms with Crippen LogP contribution >= 0.6 is 11.3 Å². The van der Waals surface area contributed by atoms with E-state index < -0.39 is 20.7 Å². The fourth-order valence-electron chi connectivity index (χ4n) is 1.50. The molecule has 0 atom stereocenters. The van der Waals surface area contributed by atoms with Crippen LogP contribution in [0.4, 0.5) is 4.39 Å². The first-order chi connectivity index (χ1) is 9.03. The highest BCUT2D eigenvalue weighted by Crippen LogP contribution is 2.17. The molecule has 4 nitrogen and oxygen atoms in total. The van der Waals surface area contributed by atoms with Gasteiger partial charge in [0.1, 0.15) is 10.7 Å². The molecule has 2 aromatic rings. The molecule has 2 N–H and O–H groups in total. The summed E-state index contributed by atoms with van der Waals surface area (Å²) in [7, 11) is -3.93. The van der Waals surface area contributed by atoms with E-state index in [4.69, 9.17) is 5.11 Å². The summed E-state index contributed by atoms with van der Waals surface area (Å²) in [5, 5.41) is 12.6. The van der Waals surface area contributed by atoms with Gasteiger partial charge in [0.2, 0.25) is 10.0 Å². The second-order valence-electron chi connectivity index (χ2n) is 3.88. The first kappa shape index (κ1) is 14.1. The Morgan fingerprint density at radius 2 is 2.05 bits per heavy atom. The van der Waals surface area contributed by atoms with Crippen molar-refractivity contribution in [1.29, 1.82) is 0 Å². The van der Waals surface area contributed by atoms with Gasteiger partial charge in [-0.15, -0.1) is 0 Å². The van der Waals surface area contributed by atoms with Crippen molar-refractivity contribution < 1.29 is 17.9 Å². The van der Waals surface area contributed by atoms with Gasteiger partial charge in [0.25, 0.3) is 0 Å². The van der Waals surface area contributed by atoms with Gasteiger partial charge in [0.05, 0.1) is 6.61 Å². The highest BCUT2D eigenvalue weighted by molar-refractivity contribution is 7.89. The molecule has 1 aromatic heterocycles. The van der Waals surface area contributed by atoms with Crippen LogP contribution in [-0.4, -0.2) is 13.5 Å². The molecule has 0 saturated heterocycles. The van der Waals surface area contributed by atoms with Crippen molar-refractivity contribution in [1.82, 2.24) is 4.72 Å². The van der Waals surface area contributed by atoms with Gasteiger partial charge in [-0.25, -0.2) is 17.5 Å². The lowest BCUT2D eigenvalue weighted by Crippen LogP contribution is -2.24. The minimum absolute atomic E-state index is 0.106. The van der Waals surface area contributed by atoms with Crippen LogP contribution in [0.15, 0.2) is 39.9 Å². The van der Waals surface area contributed by atoms with Crippen LogP contribution in [0.5, 0.6) is 0 Å². The summed E-state index contributed by atoms with van der Waals surface area (Å²) in [5.74, 6) is -0.838. The standard InChI is InChI=1S/C12H12FNO3S2/c13-11-2-1-9(7-15)5-12(11)19(16,17)14-6-10-3-4-18-8-10/h1-5,8,14-15H,6-7H2. The third-order valence-electron chi connectivity index (χ3n) is 2.51. The molecule has 0 radical (unpaired) electrons. The van der Waals surface area contributed by atoms with Crippen molar-refractivity contribution in [3.05, 3.63) is 52.0 Å². The van der Waals surface area contributed by atoms with Crippen LogP contribution < -0.4 is 4.72 Å². The highest BCUT2D eigenvalue weighted by Gasteiger charge is 2.19. The molecular formula is C12H12FNO3S2. The Balaban J connectivity index is 2.23. The summed E-state index contributed by atoms with van der Waals surface area (Å²) in [5.41, 5.74) is 1.16. The molecule has 1 heterocycles. The number of thiophene rings is 1. The van der Waals surface area contributed by atoms with Gasteiger partial charge in [-0.05, 0) is 40.1 Å². The third kappa shape index (κ3) is 3.38. The molecule has 0 saturated carbocycles. The van der Waals surface area contributed by atoms with Gasteiger partial charge >= 0.3 is 0 Å². The van der Waals surface area contributed by atoms with Crippen molar-refractivity contribution in [2.75, 3.05) is 0 Å². The Morgan fingerprint density at radius 1 is 1.26 bits per heavy atom. The van der Waals surface area contributed by atoms with Gasteiger partial charge in [-0.1, -0.05) is 6.07 Å². The molecule has 2 rings (SSSR count). The number of nitrogens with one attached hydrogen (secondary N) is 1. The Labute approximate surface area is 114 Å². The van der Waals surface area contributed by atoms with Crippen molar-refractivity contribution >= 4 is 21.4 Å². The molecule has 0 aliphatic heterocycles. The highest BCUT2D eigenvalue weighted by atomic mass is 32.2. The van der Waals surface area contributed by atoms with E-state index in [1.165, 1.54) is 17.4 Å². The van der Waals surface area contributed by atoms with Gasteiger partial charge < -0.3 is 5.11 Å². The molecule has 19 heavy (non-hydrogen) atoms. The predicted molar refractivity (Wildman–Crippen MR) is 70.7 cm³/mol. The fourth-order valence-corrected chi connectivity index (χ4v) is 3.31. The lowest BCUT2D eigenvalue weighted by molar-refractivity contribution is 0.281. The topological polar surface area (TPSA) is 66.4 Å². The molecule has 0 aliphatic rings. The molecule has 0 aliphatic carbocycles. The van der Waals surface area contributed by atoms with Gasteiger partial charge in [-0.2, -0.15) is 11.3 Å². The molecule has 7 heteroatoms. The van der Waals surface area contributed by atoms with Crippen molar-refractivity contribution in [2.24, 2.45) is 0 Å². The summed E-state index contributed by atoms with van der Waals surface area (Å²) in [6.45, 7) is -0.234. The summed E-state index contributed by atoms with van der Waals surface area (Å²) >= 11 is 1.45. The first-order valence-corrected chi connectivity index (χ1v) is 7.85. The Morgan fingerprint density at radius 3 is 2.68 bits per heavy atom. The largest absolute Gasteiger partial charge is 0.392 e. The second kappa shape index (κ2) is 5.79. The second-order valence-corrected chi connectivity index (χ2v) is 6.39. The summed E-state index contributed by atoms with van der Waals surface area (Å²) in [6, 6.07) is 5.29. The van der Waals surface area contributed by atoms with E-state index in [1.807, 2.05) is 10.8 Å². The summed E-state index contributed by atoms with van der Waals surface area (Å²) in [4.78, 5) is -0.450. The molecule has 0 bridgehead atoms. The minimum atomic E-state index is -3.93. The Bertz CT molecular complexity index is 654. The van der Waals surface area contributed by atoms with E-state index in [0.717, 1.165) is 17.7 Å². The van der Waals surface area contributed by atoms with E-state index >= 15 is 0 Å². The van der Waals surface area contributed by atoms with Crippen molar-refractivity contribution in [3.63, 3.8) is 0 Å². The van der Waals surface area contributed by atoms with E-state index in [9.17, 15) is 12.8 Å². The van der Waals surface area contributed by atoms with Crippen LogP contribution in [0.3, 0.4) is 0 Å². The van der Waals surface area contributed by atoms with Gasteiger partial charge in [0, 0.05) is 6.54 Å². The zero-order valence-electron chi connectivity index (χ0n) is 9.84. The van der Waals surface area contributed by atoms with E-state index in [2.05, 4.69) is 4.72 Å². The molecule has 102 valence electrons. The first-order valence-electron chi connectivity index (χ1n) is 5.43. The monoisotopic (exact) mass is 301 g/mol. The molecule has 0 amide bonds. The number of hydrogen-bond acceptors (Lipinski definition) is 4. The number of halogens is 1. The number of aliphatic hydroxyl groups excluding tert-OH is 1. The molecular weight excluding hydrogens is 289 g/mol. The summed E-state index contributed by atoms with van der Waals surface area (Å²) in [6.07, 6.45) is 0. The average Bonchev–Trinajstić information content (AvgIpc) is 2.90. The lowest BCUT2D eigenvalue weighted by Gasteiger charge is -2.08. The predicted octanol–water partition coefficient (Wildman–Crippen LogP) is 1.86. The summed E-state index contributed by atoms with van der Waals surface area (Å²) < 4.78 is 39.9. The maximum Gasteiger partial charge on any atom is 0.243 e. The Kier molecular flexibility index (Phi) is 4.31. The minimum Gasteiger partial charge on any atom is -0.392 e. The van der Waals surface area contributed by atoms with E-state index in [1.54, 1.807) is 6.07 Å². The van der Waals surface area contributed by atoms with Gasteiger partial charge in [-0.3, -0.25) is 0 Å². The molecule has 0 unspecified atom stereocenters. The quantitative estimate of drug-likeness (QED) is 0.886. The zero-order valence-corrected chi connectivity index (χ0v) is 11.5. The van der Waals surface area contributed by atoms with Crippen LogP contribution in [0.1, 0.15) is 11.1 Å². The number of benzene rings is 1. The van der Waals surface area contributed by atoms with Crippen molar-refractivity contribution in [3.8, 4) is 0 Å². The SMILES string of the molecule is O=S(=O)(NCc1ccsc1)c1cc(CO)ccc1F. The Hall–Kier alpha value is -1.28. The molecule has 0 spiro atoms. The maximum atomic E-state index is 13.6. The lowest BCUT2D eigenvalue weighted by atomic mass is 10.2. The normalized spacial score (nSPS) is 11.7.